The van der Waals surface area contributed by atoms with E-state index in [0.29, 0.717) is 13.0 Å². The Morgan fingerprint density at radius 2 is 2.35 bits per heavy atom. The van der Waals surface area contributed by atoms with Crippen molar-refractivity contribution in [2.75, 3.05) is 18.9 Å². The minimum Gasteiger partial charge on any atom is -0.361 e. The van der Waals surface area contributed by atoms with E-state index in [9.17, 15) is 4.79 Å². The largest absolute Gasteiger partial charge is 0.361 e. The van der Waals surface area contributed by atoms with E-state index in [1.165, 1.54) is 0 Å². The molecular weight excluding hydrogens is 302 g/mol. The van der Waals surface area contributed by atoms with Gasteiger partial charge in [0.2, 0.25) is 5.91 Å². The zero-order chi connectivity index (χ0) is 12.3. The molecule has 0 aliphatic heterocycles. The molecule has 2 rings (SSSR count). The van der Waals surface area contributed by atoms with Crippen LogP contribution < -0.4 is 10.6 Å². The van der Waals surface area contributed by atoms with Crippen LogP contribution in [0.4, 0.5) is 5.13 Å². The van der Waals surface area contributed by atoms with Gasteiger partial charge in [0.1, 0.15) is 0 Å². The van der Waals surface area contributed by atoms with Gasteiger partial charge in [-0.15, -0.1) is 0 Å². The van der Waals surface area contributed by atoms with Crippen molar-refractivity contribution in [3.05, 3.63) is 22.7 Å². The molecule has 0 fully saturated rings. The van der Waals surface area contributed by atoms with E-state index >= 15 is 0 Å². The molecule has 0 aliphatic rings. The van der Waals surface area contributed by atoms with Crippen molar-refractivity contribution < 1.29 is 4.79 Å². The predicted molar refractivity (Wildman–Crippen MR) is 74.5 cm³/mol. The zero-order valence-corrected chi connectivity index (χ0v) is 11.7. The molecule has 2 aromatic rings. The number of benzene rings is 1. The molecule has 0 saturated carbocycles. The highest BCUT2D eigenvalue weighted by molar-refractivity contribution is 9.10. The maximum Gasteiger partial charge on any atom is 0.221 e. The number of amides is 1. The highest BCUT2D eigenvalue weighted by Gasteiger charge is 2.04. The molecule has 2 N–H and O–H groups in total. The van der Waals surface area contributed by atoms with Crippen LogP contribution in [0.25, 0.3) is 10.2 Å². The minimum absolute atomic E-state index is 0.0290. The monoisotopic (exact) mass is 313 g/mol. The normalized spacial score (nSPS) is 10.5. The van der Waals surface area contributed by atoms with Gasteiger partial charge in [-0.3, -0.25) is 4.79 Å². The molecule has 1 heterocycles. The molecule has 1 amide bonds. The Kier molecular flexibility index (Phi) is 3.96. The molecule has 0 spiro atoms. The second-order valence-corrected chi connectivity index (χ2v) is 5.43. The van der Waals surface area contributed by atoms with Crippen molar-refractivity contribution in [3.8, 4) is 0 Å². The first kappa shape index (κ1) is 12.3. The second-order valence-electron chi connectivity index (χ2n) is 3.48. The molecule has 17 heavy (non-hydrogen) atoms. The van der Waals surface area contributed by atoms with Gasteiger partial charge in [-0.25, -0.2) is 4.98 Å². The summed E-state index contributed by atoms with van der Waals surface area (Å²) in [4.78, 5) is 15.5. The molecule has 1 aromatic heterocycles. The van der Waals surface area contributed by atoms with Gasteiger partial charge in [-0.2, -0.15) is 0 Å². The van der Waals surface area contributed by atoms with Gasteiger partial charge >= 0.3 is 0 Å². The number of halogens is 1. The highest BCUT2D eigenvalue weighted by Crippen LogP contribution is 2.27. The zero-order valence-electron chi connectivity index (χ0n) is 9.29. The van der Waals surface area contributed by atoms with Crippen molar-refractivity contribution >= 4 is 48.5 Å². The van der Waals surface area contributed by atoms with E-state index in [4.69, 9.17) is 0 Å². The van der Waals surface area contributed by atoms with Crippen molar-refractivity contribution in [2.45, 2.75) is 6.42 Å². The van der Waals surface area contributed by atoms with Crippen LogP contribution >= 0.6 is 27.3 Å². The van der Waals surface area contributed by atoms with Crippen LogP contribution in [0.5, 0.6) is 0 Å². The van der Waals surface area contributed by atoms with Crippen LogP contribution in [0.2, 0.25) is 0 Å². The first-order valence-electron chi connectivity index (χ1n) is 5.19. The van der Waals surface area contributed by atoms with Gasteiger partial charge in [0, 0.05) is 24.5 Å². The van der Waals surface area contributed by atoms with E-state index in [2.05, 4.69) is 31.5 Å². The maximum absolute atomic E-state index is 11.0. The summed E-state index contributed by atoms with van der Waals surface area (Å²) in [5, 5.41) is 6.58. The Labute approximate surface area is 112 Å². The van der Waals surface area contributed by atoms with E-state index < -0.39 is 0 Å². The summed E-state index contributed by atoms with van der Waals surface area (Å²) in [6.45, 7) is 0.598. The Hall–Kier alpha value is -1.14. The standard InChI is InChI=1S/C11H12BrN3OS/c1-13-10(16)4-5-14-11-15-8-6-7(12)2-3-9(8)17-11/h2-3,6H,4-5H2,1H3,(H,13,16)(H,14,15). The first-order valence-corrected chi connectivity index (χ1v) is 6.80. The second kappa shape index (κ2) is 5.46. The quantitative estimate of drug-likeness (QED) is 0.912. The summed E-state index contributed by atoms with van der Waals surface area (Å²) in [5.74, 6) is 0.0290. The lowest BCUT2D eigenvalue weighted by Gasteiger charge is -2.00. The third kappa shape index (κ3) is 3.17. The smallest absolute Gasteiger partial charge is 0.221 e. The average Bonchev–Trinajstić information content (AvgIpc) is 2.70. The number of anilines is 1. The van der Waals surface area contributed by atoms with Gasteiger partial charge in [0.05, 0.1) is 10.2 Å². The Morgan fingerprint density at radius 3 is 3.12 bits per heavy atom. The Bertz CT molecular complexity index is 540. The van der Waals surface area contributed by atoms with E-state index in [1.54, 1.807) is 18.4 Å². The molecular formula is C11H12BrN3OS. The number of carbonyl (C=O) groups excluding carboxylic acids is 1. The fourth-order valence-electron chi connectivity index (χ4n) is 1.38. The molecule has 0 atom stereocenters. The lowest BCUT2D eigenvalue weighted by molar-refractivity contribution is -0.120. The summed E-state index contributed by atoms with van der Waals surface area (Å²) >= 11 is 5.00. The molecule has 0 radical (unpaired) electrons. The molecule has 0 bridgehead atoms. The van der Waals surface area contributed by atoms with Gasteiger partial charge in [-0.05, 0) is 18.2 Å². The van der Waals surface area contributed by atoms with Gasteiger partial charge < -0.3 is 10.6 Å². The van der Waals surface area contributed by atoms with Gasteiger partial charge in [0.15, 0.2) is 5.13 Å². The summed E-state index contributed by atoms with van der Waals surface area (Å²) in [6, 6.07) is 6.01. The third-order valence-corrected chi connectivity index (χ3v) is 3.74. The number of nitrogens with one attached hydrogen (secondary N) is 2. The Morgan fingerprint density at radius 1 is 1.53 bits per heavy atom. The van der Waals surface area contributed by atoms with Crippen molar-refractivity contribution in [3.63, 3.8) is 0 Å². The lowest BCUT2D eigenvalue weighted by atomic mass is 10.3. The van der Waals surface area contributed by atoms with Crippen LogP contribution in [-0.2, 0) is 4.79 Å². The molecule has 0 aliphatic carbocycles. The average molecular weight is 314 g/mol. The SMILES string of the molecule is CNC(=O)CCNc1nc2cc(Br)ccc2s1. The van der Waals surface area contributed by atoms with Crippen LogP contribution in [-0.4, -0.2) is 24.5 Å². The Balaban J connectivity index is 2.02. The number of hydrogen-bond donors (Lipinski definition) is 2. The van der Waals surface area contributed by atoms with E-state index in [-0.39, 0.29) is 5.91 Å². The van der Waals surface area contributed by atoms with Crippen LogP contribution in [0.3, 0.4) is 0 Å². The molecule has 0 unspecified atom stereocenters. The number of thiazole rings is 1. The van der Waals surface area contributed by atoms with Gasteiger partial charge in [-0.1, -0.05) is 27.3 Å². The van der Waals surface area contributed by atoms with Crippen molar-refractivity contribution in [2.24, 2.45) is 0 Å². The molecule has 6 heteroatoms. The molecule has 4 nitrogen and oxygen atoms in total. The summed E-state index contributed by atoms with van der Waals surface area (Å²) in [6.07, 6.45) is 0.454. The van der Waals surface area contributed by atoms with E-state index in [1.807, 2.05) is 18.2 Å². The summed E-state index contributed by atoms with van der Waals surface area (Å²) < 4.78 is 2.16. The van der Waals surface area contributed by atoms with Gasteiger partial charge in [0.25, 0.3) is 0 Å². The number of rotatable bonds is 4. The maximum atomic E-state index is 11.0. The summed E-state index contributed by atoms with van der Waals surface area (Å²) in [5.41, 5.74) is 0.965. The van der Waals surface area contributed by atoms with Crippen LogP contribution in [0.15, 0.2) is 22.7 Å². The van der Waals surface area contributed by atoms with E-state index in [0.717, 1.165) is 19.8 Å². The van der Waals surface area contributed by atoms with Crippen molar-refractivity contribution in [1.82, 2.24) is 10.3 Å². The summed E-state index contributed by atoms with van der Waals surface area (Å²) in [7, 11) is 1.64. The topological polar surface area (TPSA) is 54.0 Å². The number of aromatic nitrogens is 1. The third-order valence-electron chi connectivity index (χ3n) is 2.26. The molecule has 90 valence electrons. The predicted octanol–water partition coefficient (Wildman–Crippen LogP) is 2.61. The first-order chi connectivity index (χ1) is 8.19. The fraction of sp³-hybridized carbons (Fsp3) is 0.273. The number of hydrogen-bond acceptors (Lipinski definition) is 4. The van der Waals surface area contributed by atoms with Crippen LogP contribution in [0.1, 0.15) is 6.42 Å². The van der Waals surface area contributed by atoms with Crippen molar-refractivity contribution in [1.29, 1.82) is 0 Å². The highest BCUT2D eigenvalue weighted by atomic mass is 79.9. The lowest BCUT2D eigenvalue weighted by Crippen LogP contribution is -2.20. The molecule has 1 aromatic carbocycles. The number of fused-ring (bicyclic) bond motifs is 1. The number of carbonyl (C=O) groups is 1. The van der Waals surface area contributed by atoms with Crippen LogP contribution in [0, 0.1) is 0 Å². The molecule has 0 saturated heterocycles. The fourth-order valence-corrected chi connectivity index (χ4v) is 2.60. The number of nitrogens with zero attached hydrogens (tertiary/aromatic N) is 1. The minimum atomic E-state index is 0.0290.